The molecule has 1 aliphatic carbocycles. The minimum Gasteiger partial charge on any atom is -0.348 e. The Morgan fingerprint density at radius 3 is 2.62 bits per heavy atom. The van der Waals surface area contributed by atoms with Gasteiger partial charge in [-0.05, 0) is 37.8 Å². The lowest BCUT2D eigenvalue weighted by molar-refractivity contribution is -0.124. The third kappa shape index (κ3) is 3.78. The second-order valence-electron chi connectivity index (χ2n) is 5.92. The van der Waals surface area contributed by atoms with Crippen molar-refractivity contribution in [2.45, 2.75) is 31.7 Å². The normalized spacial score (nSPS) is 17.4. The van der Waals surface area contributed by atoms with Crippen molar-refractivity contribution in [3.63, 3.8) is 0 Å². The number of hydrogen-bond acceptors (Lipinski definition) is 4. The number of benzene rings is 1. The number of hydrogen-bond donors (Lipinski definition) is 3. The lowest BCUT2D eigenvalue weighted by atomic mass is 9.90. The second kappa shape index (κ2) is 7.23. The van der Waals surface area contributed by atoms with Crippen LogP contribution < -0.4 is 10.8 Å². The molecule has 6 nitrogen and oxygen atoms in total. The summed E-state index contributed by atoms with van der Waals surface area (Å²) in [5.41, 5.74) is 3.79. The van der Waals surface area contributed by atoms with E-state index < -0.39 is 5.91 Å². The topological polar surface area (TPSA) is 91.3 Å². The molecule has 3 rings (SSSR count). The number of amides is 2. The number of aromatic nitrogens is 1. The molecule has 0 aliphatic heterocycles. The van der Waals surface area contributed by atoms with Crippen LogP contribution in [0, 0.1) is 0 Å². The van der Waals surface area contributed by atoms with Gasteiger partial charge in [-0.15, -0.1) is 0 Å². The monoisotopic (exact) mass is 325 g/mol. The third-order valence-corrected chi connectivity index (χ3v) is 4.24. The van der Waals surface area contributed by atoms with Gasteiger partial charge in [-0.25, -0.2) is 10.5 Å². The van der Waals surface area contributed by atoms with Crippen LogP contribution in [0.2, 0.25) is 0 Å². The summed E-state index contributed by atoms with van der Waals surface area (Å²) in [5.74, 6) is -0.681. The van der Waals surface area contributed by atoms with Crippen LogP contribution in [0.3, 0.4) is 0 Å². The highest BCUT2D eigenvalue weighted by atomic mass is 16.5. The van der Waals surface area contributed by atoms with E-state index in [-0.39, 0.29) is 11.9 Å². The number of hydroxylamine groups is 1. The van der Waals surface area contributed by atoms with Crippen LogP contribution in [0.5, 0.6) is 0 Å². The van der Waals surface area contributed by atoms with E-state index in [0.29, 0.717) is 5.69 Å². The maximum absolute atomic E-state index is 12.4. The maximum Gasteiger partial charge on any atom is 0.270 e. The van der Waals surface area contributed by atoms with Crippen molar-refractivity contribution in [2.24, 2.45) is 0 Å². The smallest absolute Gasteiger partial charge is 0.270 e. The Balaban J connectivity index is 1.61. The van der Waals surface area contributed by atoms with E-state index in [2.05, 4.69) is 10.3 Å². The Labute approximate surface area is 139 Å². The predicted molar refractivity (Wildman–Crippen MR) is 89.5 cm³/mol. The zero-order chi connectivity index (χ0) is 16.9. The largest absolute Gasteiger partial charge is 0.348 e. The molecule has 2 aromatic rings. The van der Waals surface area contributed by atoms with Gasteiger partial charge in [0.25, 0.3) is 11.8 Å². The van der Waals surface area contributed by atoms with Gasteiger partial charge in [-0.1, -0.05) is 29.8 Å². The molecule has 6 heteroatoms. The number of rotatable bonds is 3. The number of pyridine rings is 1. The van der Waals surface area contributed by atoms with Crippen LogP contribution in [-0.4, -0.2) is 28.0 Å². The van der Waals surface area contributed by atoms with Crippen molar-refractivity contribution >= 4 is 22.7 Å². The SMILES string of the molecule is O=C(C=C1CCC(NC(=O)c2ccc3ccccc3n2)CC1)NO. The van der Waals surface area contributed by atoms with Crippen molar-refractivity contribution in [1.82, 2.24) is 15.8 Å². The highest BCUT2D eigenvalue weighted by Gasteiger charge is 2.20. The summed E-state index contributed by atoms with van der Waals surface area (Å²) in [6.45, 7) is 0. The van der Waals surface area contributed by atoms with Crippen LogP contribution >= 0.6 is 0 Å². The summed E-state index contributed by atoms with van der Waals surface area (Å²) >= 11 is 0. The van der Waals surface area contributed by atoms with Crippen molar-refractivity contribution < 1.29 is 14.8 Å². The fourth-order valence-electron chi connectivity index (χ4n) is 2.95. The Morgan fingerprint density at radius 1 is 1.12 bits per heavy atom. The molecular formula is C18H19N3O3. The van der Waals surface area contributed by atoms with Crippen molar-refractivity contribution in [3.05, 3.63) is 53.7 Å². The van der Waals surface area contributed by atoms with Crippen molar-refractivity contribution in [2.75, 3.05) is 0 Å². The summed E-state index contributed by atoms with van der Waals surface area (Å²) in [6.07, 6.45) is 4.41. The van der Waals surface area contributed by atoms with Crippen LogP contribution in [0.1, 0.15) is 36.2 Å². The van der Waals surface area contributed by atoms with Crippen molar-refractivity contribution in [1.29, 1.82) is 0 Å². The summed E-state index contributed by atoms with van der Waals surface area (Å²) in [7, 11) is 0. The molecule has 1 fully saturated rings. The Bertz CT molecular complexity index is 791. The van der Waals surface area contributed by atoms with Gasteiger partial charge < -0.3 is 5.32 Å². The number of carbonyl (C=O) groups excluding carboxylic acids is 2. The molecule has 0 saturated heterocycles. The summed E-state index contributed by atoms with van der Waals surface area (Å²) in [5, 5.41) is 12.5. The molecule has 1 aliphatic rings. The number of fused-ring (bicyclic) bond motifs is 1. The molecule has 2 amide bonds. The molecule has 0 unspecified atom stereocenters. The highest BCUT2D eigenvalue weighted by molar-refractivity contribution is 5.95. The van der Waals surface area contributed by atoms with Crippen LogP contribution in [0.15, 0.2) is 48.0 Å². The number of carbonyl (C=O) groups is 2. The molecule has 3 N–H and O–H groups in total. The molecule has 0 radical (unpaired) electrons. The van der Waals surface area contributed by atoms with Gasteiger partial charge in [0.2, 0.25) is 0 Å². The van der Waals surface area contributed by atoms with Gasteiger partial charge in [-0.3, -0.25) is 14.8 Å². The molecule has 124 valence electrons. The average molecular weight is 325 g/mol. The van der Waals surface area contributed by atoms with Gasteiger partial charge in [0.05, 0.1) is 5.52 Å². The van der Waals surface area contributed by atoms with Crippen LogP contribution in [-0.2, 0) is 4.79 Å². The maximum atomic E-state index is 12.4. The molecule has 0 atom stereocenters. The summed E-state index contributed by atoms with van der Waals surface area (Å²) < 4.78 is 0. The van der Waals surface area contributed by atoms with Crippen molar-refractivity contribution in [3.8, 4) is 0 Å². The first-order chi connectivity index (χ1) is 11.7. The summed E-state index contributed by atoms with van der Waals surface area (Å²) in [4.78, 5) is 27.9. The number of nitrogens with one attached hydrogen (secondary N) is 2. The Kier molecular flexibility index (Phi) is 4.86. The predicted octanol–water partition coefficient (Wildman–Crippen LogP) is 2.34. The van der Waals surface area contributed by atoms with E-state index >= 15 is 0 Å². The quantitative estimate of drug-likeness (QED) is 0.459. The van der Waals surface area contributed by atoms with E-state index in [0.717, 1.165) is 42.2 Å². The minimum atomic E-state index is -0.507. The van der Waals surface area contributed by atoms with Gasteiger partial charge in [0.15, 0.2) is 0 Å². The molecule has 1 aromatic heterocycles. The first kappa shape index (κ1) is 16.1. The highest BCUT2D eigenvalue weighted by Crippen LogP contribution is 2.23. The Hall–Kier alpha value is -2.73. The van der Waals surface area contributed by atoms with Gasteiger partial charge in [0, 0.05) is 17.5 Å². The zero-order valence-corrected chi connectivity index (χ0v) is 13.2. The second-order valence-corrected chi connectivity index (χ2v) is 5.92. The molecule has 1 heterocycles. The molecule has 1 saturated carbocycles. The van der Waals surface area contributed by atoms with Crippen LogP contribution in [0.25, 0.3) is 10.9 Å². The Morgan fingerprint density at radius 2 is 1.88 bits per heavy atom. The number of nitrogens with zero attached hydrogens (tertiary/aromatic N) is 1. The first-order valence-corrected chi connectivity index (χ1v) is 7.96. The van der Waals surface area contributed by atoms with E-state index in [9.17, 15) is 9.59 Å². The lowest BCUT2D eigenvalue weighted by Gasteiger charge is -2.24. The lowest BCUT2D eigenvalue weighted by Crippen LogP contribution is -2.37. The van der Waals surface area contributed by atoms with Crippen LogP contribution in [0.4, 0.5) is 0 Å². The van der Waals surface area contributed by atoms with E-state index in [4.69, 9.17) is 5.21 Å². The fourth-order valence-corrected chi connectivity index (χ4v) is 2.95. The molecule has 24 heavy (non-hydrogen) atoms. The molecule has 1 aromatic carbocycles. The van der Waals surface area contributed by atoms with Gasteiger partial charge in [-0.2, -0.15) is 0 Å². The number of para-hydroxylation sites is 1. The van der Waals surface area contributed by atoms with E-state index in [1.807, 2.05) is 30.3 Å². The first-order valence-electron chi connectivity index (χ1n) is 7.96. The summed E-state index contributed by atoms with van der Waals surface area (Å²) in [6, 6.07) is 11.4. The van der Waals surface area contributed by atoms with E-state index in [1.165, 1.54) is 6.08 Å². The number of allylic oxidation sites excluding steroid dienone is 1. The standard InChI is InChI=1S/C18H19N3O3/c22-17(21-24)11-12-5-8-14(9-6-12)19-18(23)16-10-7-13-3-1-2-4-15(13)20-16/h1-4,7,10-11,14,24H,5-6,8-9H2,(H,19,23)(H,21,22). The minimum absolute atomic E-state index is 0.0695. The van der Waals surface area contributed by atoms with Gasteiger partial charge in [0.1, 0.15) is 5.69 Å². The molecule has 0 spiro atoms. The van der Waals surface area contributed by atoms with E-state index in [1.54, 1.807) is 11.5 Å². The molecular weight excluding hydrogens is 306 g/mol. The average Bonchev–Trinajstić information content (AvgIpc) is 2.62. The fraction of sp³-hybridized carbons (Fsp3) is 0.278. The van der Waals surface area contributed by atoms with Gasteiger partial charge >= 0.3 is 0 Å². The molecule has 0 bridgehead atoms. The zero-order valence-electron chi connectivity index (χ0n) is 13.2. The third-order valence-electron chi connectivity index (χ3n) is 4.24.